The van der Waals surface area contributed by atoms with Crippen LogP contribution in [0.25, 0.3) is 119 Å². The monoisotopic (exact) mass is 766 g/mol. The van der Waals surface area contributed by atoms with Gasteiger partial charge in [-0.3, -0.25) is 0 Å². The summed E-state index contributed by atoms with van der Waals surface area (Å²) in [4.78, 5) is 0. The fourth-order valence-electron chi connectivity index (χ4n) is 9.88. The highest BCUT2D eigenvalue weighted by molar-refractivity contribution is 7.26. The zero-order chi connectivity index (χ0) is 38.6. The van der Waals surface area contributed by atoms with Crippen LogP contribution in [0.5, 0.6) is 0 Å². The second-order valence-corrected chi connectivity index (χ2v) is 16.7. The standard InChI is InChI=1S/C56H34N2S/c1-2-13-35(14-3-1)39-29-32-50(42-18-7-6-17-41(39)42)57-49-22-10-8-19-43(49)47-33-37(26-30-51(47)57)38-27-31-52-48(34-38)45-28-25-36-15-4-5-16-40(36)55(45)58(52)53-23-12-21-46-44-20-9-11-24-54(44)59-56(46)53/h1-34H. The second-order valence-electron chi connectivity index (χ2n) is 15.6. The third-order valence-corrected chi connectivity index (χ3v) is 13.7. The number of thiophene rings is 1. The molecule has 0 saturated heterocycles. The summed E-state index contributed by atoms with van der Waals surface area (Å²) >= 11 is 1.89. The van der Waals surface area contributed by atoms with Gasteiger partial charge in [0.1, 0.15) is 0 Å². The molecule has 13 rings (SSSR count). The summed E-state index contributed by atoms with van der Waals surface area (Å²) in [6, 6.07) is 76.2. The molecule has 3 heterocycles. The molecule has 59 heavy (non-hydrogen) atoms. The minimum absolute atomic E-state index is 1.19. The zero-order valence-electron chi connectivity index (χ0n) is 31.9. The van der Waals surface area contributed by atoms with Crippen LogP contribution in [0.3, 0.4) is 0 Å². The van der Waals surface area contributed by atoms with Crippen molar-refractivity contribution in [3.05, 3.63) is 206 Å². The maximum Gasteiger partial charge on any atom is 0.0641 e. The molecule has 0 unspecified atom stereocenters. The summed E-state index contributed by atoms with van der Waals surface area (Å²) in [5.41, 5.74) is 12.2. The van der Waals surface area contributed by atoms with Crippen LogP contribution in [-0.4, -0.2) is 9.13 Å². The zero-order valence-corrected chi connectivity index (χ0v) is 32.7. The van der Waals surface area contributed by atoms with E-state index in [9.17, 15) is 0 Å². The summed E-state index contributed by atoms with van der Waals surface area (Å²) < 4.78 is 7.62. The van der Waals surface area contributed by atoms with Gasteiger partial charge in [-0.2, -0.15) is 0 Å². The Bertz CT molecular complexity index is 3840. The van der Waals surface area contributed by atoms with E-state index in [-0.39, 0.29) is 0 Å². The molecule has 13 aromatic rings. The molecule has 0 N–H and O–H groups in total. The van der Waals surface area contributed by atoms with Crippen LogP contribution in [0.4, 0.5) is 0 Å². The maximum absolute atomic E-state index is 2.53. The van der Waals surface area contributed by atoms with E-state index in [4.69, 9.17) is 0 Å². The average Bonchev–Trinajstić information content (AvgIpc) is 3.96. The van der Waals surface area contributed by atoms with Crippen molar-refractivity contribution in [3.63, 3.8) is 0 Å². The van der Waals surface area contributed by atoms with Crippen molar-refractivity contribution in [2.75, 3.05) is 0 Å². The molecule has 0 radical (unpaired) electrons. The minimum Gasteiger partial charge on any atom is -0.309 e. The third kappa shape index (κ3) is 4.74. The number of hydrogen-bond acceptors (Lipinski definition) is 1. The van der Waals surface area contributed by atoms with Gasteiger partial charge in [0.25, 0.3) is 0 Å². The van der Waals surface area contributed by atoms with Crippen LogP contribution in [0.15, 0.2) is 206 Å². The van der Waals surface area contributed by atoms with Gasteiger partial charge >= 0.3 is 0 Å². The lowest BCUT2D eigenvalue weighted by molar-refractivity contribution is 1.20. The highest BCUT2D eigenvalue weighted by atomic mass is 32.1. The second kappa shape index (κ2) is 12.5. The molecule has 0 fully saturated rings. The fourth-order valence-corrected chi connectivity index (χ4v) is 11.1. The molecule has 274 valence electrons. The largest absolute Gasteiger partial charge is 0.309 e. The molecule has 3 heteroatoms. The Morgan fingerprint density at radius 2 is 0.932 bits per heavy atom. The lowest BCUT2D eigenvalue weighted by atomic mass is 9.97. The molecule has 0 aliphatic carbocycles. The Hall–Kier alpha value is -7.46. The minimum atomic E-state index is 1.19. The first-order valence-electron chi connectivity index (χ1n) is 20.3. The molecule has 3 aromatic heterocycles. The van der Waals surface area contributed by atoms with E-state index in [0.717, 1.165) is 0 Å². The van der Waals surface area contributed by atoms with Crippen molar-refractivity contribution in [3.8, 4) is 33.6 Å². The van der Waals surface area contributed by atoms with Crippen molar-refractivity contribution >= 4 is 96.7 Å². The normalized spacial score (nSPS) is 12.1. The summed E-state index contributed by atoms with van der Waals surface area (Å²) in [5, 5.41) is 12.6. The van der Waals surface area contributed by atoms with Crippen LogP contribution in [0.1, 0.15) is 0 Å². The van der Waals surface area contributed by atoms with E-state index in [0.29, 0.717) is 0 Å². The third-order valence-electron chi connectivity index (χ3n) is 12.5. The fraction of sp³-hybridized carbons (Fsp3) is 0. The Labute approximate surface area is 344 Å². The molecule has 0 aliphatic heterocycles. The highest BCUT2D eigenvalue weighted by Crippen LogP contribution is 2.44. The quantitative estimate of drug-likeness (QED) is 0.169. The van der Waals surface area contributed by atoms with Gasteiger partial charge < -0.3 is 9.13 Å². The van der Waals surface area contributed by atoms with E-state index in [2.05, 4.69) is 215 Å². The first-order valence-corrected chi connectivity index (χ1v) is 21.1. The summed E-state index contributed by atoms with van der Waals surface area (Å²) in [7, 11) is 0. The number of fused-ring (bicyclic) bond motifs is 12. The molecule has 10 aromatic carbocycles. The lowest BCUT2D eigenvalue weighted by Crippen LogP contribution is -1.96. The maximum atomic E-state index is 2.53. The van der Waals surface area contributed by atoms with Crippen molar-refractivity contribution in [1.29, 1.82) is 0 Å². The van der Waals surface area contributed by atoms with Crippen molar-refractivity contribution in [2.45, 2.75) is 0 Å². The SMILES string of the molecule is c1ccc(-c2ccc(-n3c4ccccc4c4cc(-c5ccc6c(c5)c5ccc7ccccc7c5n6-c5cccc6c5sc5ccccc56)ccc43)c3ccccc23)cc1. The van der Waals surface area contributed by atoms with Crippen LogP contribution in [0.2, 0.25) is 0 Å². The van der Waals surface area contributed by atoms with Crippen molar-refractivity contribution < 1.29 is 0 Å². The molecule has 0 bridgehead atoms. The van der Waals surface area contributed by atoms with Crippen LogP contribution >= 0.6 is 11.3 Å². The van der Waals surface area contributed by atoms with Gasteiger partial charge in [0.2, 0.25) is 0 Å². The van der Waals surface area contributed by atoms with E-state index in [1.165, 1.54) is 119 Å². The van der Waals surface area contributed by atoms with Crippen LogP contribution < -0.4 is 0 Å². The number of hydrogen-bond donors (Lipinski definition) is 0. The van der Waals surface area contributed by atoms with E-state index < -0.39 is 0 Å². The van der Waals surface area contributed by atoms with Gasteiger partial charge in [-0.05, 0) is 81.6 Å². The molecule has 0 spiro atoms. The van der Waals surface area contributed by atoms with E-state index in [1.54, 1.807) is 0 Å². The number of aromatic nitrogens is 2. The van der Waals surface area contributed by atoms with Gasteiger partial charge in [0, 0.05) is 47.8 Å². The van der Waals surface area contributed by atoms with Crippen molar-refractivity contribution in [1.82, 2.24) is 9.13 Å². The molecule has 0 atom stereocenters. The van der Waals surface area contributed by atoms with Crippen LogP contribution in [0, 0.1) is 0 Å². The van der Waals surface area contributed by atoms with E-state index >= 15 is 0 Å². The van der Waals surface area contributed by atoms with E-state index in [1.807, 2.05) is 11.3 Å². The summed E-state index contributed by atoms with van der Waals surface area (Å²) in [6.45, 7) is 0. The Kier molecular flexibility index (Phi) is 6.92. The molecule has 2 nitrogen and oxygen atoms in total. The molecule has 0 amide bonds. The Morgan fingerprint density at radius 3 is 1.76 bits per heavy atom. The number of benzene rings is 10. The smallest absolute Gasteiger partial charge is 0.0641 e. The Balaban J connectivity index is 1.03. The van der Waals surface area contributed by atoms with Gasteiger partial charge in [-0.15, -0.1) is 11.3 Å². The van der Waals surface area contributed by atoms with Crippen LogP contribution in [-0.2, 0) is 0 Å². The highest BCUT2D eigenvalue weighted by Gasteiger charge is 2.20. The number of para-hydroxylation sites is 1. The topological polar surface area (TPSA) is 9.86 Å². The molecule has 0 aliphatic rings. The number of rotatable bonds is 4. The van der Waals surface area contributed by atoms with Crippen molar-refractivity contribution in [2.24, 2.45) is 0 Å². The first-order chi connectivity index (χ1) is 29.3. The molecule has 0 saturated carbocycles. The molecular formula is C56H34N2S. The predicted octanol–water partition coefficient (Wildman–Crippen LogP) is 15.9. The summed E-state index contributed by atoms with van der Waals surface area (Å²) in [6.07, 6.45) is 0. The lowest BCUT2D eigenvalue weighted by Gasteiger charge is -2.15. The predicted molar refractivity (Wildman–Crippen MR) is 254 cm³/mol. The molecular weight excluding hydrogens is 733 g/mol. The summed E-state index contributed by atoms with van der Waals surface area (Å²) in [5.74, 6) is 0. The van der Waals surface area contributed by atoms with Gasteiger partial charge in [0.05, 0.1) is 38.1 Å². The number of nitrogens with zero attached hydrogens (tertiary/aromatic N) is 2. The average molecular weight is 767 g/mol. The van der Waals surface area contributed by atoms with Gasteiger partial charge in [-0.1, -0.05) is 158 Å². The first kappa shape index (κ1) is 32.6. The van der Waals surface area contributed by atoms with Gasteiger partial charge in [-0.25, -0.2) is 0 Å². The van der Waals surface area contributed by atoms with Gasteiger partial charge in [0.15, 0.2) is 0 Å². The Morgan fingerprint density at radius 1 is 0.305 bits per heavy atom.